The lowest BCUT2D eigenvalue weighted by molar-refractivity contribution is -0.119. The van der Waals surface area contributed by atoms with Gasteiger partial charge in [0.2, 0.25) is 5.91 Å². The zero-order chi connectivity index (χ0) is 12.8. The number of carbonyl (C=O) groups excluding carboxylic acids is 1. The van der Waals surface area contributed by atoms with Gasteiger partial charge in [0.05, 0.1) is 5.69 Å². The summed E-state index contributed by atoms with van der Waals surface area (Å²) in [6.45, 7) is 1.90. The van der Waals surface area contributed by atoms with E-state index in [0.717, 1.165) is 38.4 Å². The second-order valence-corrected chi connectivity index (χ2v) is 6.07. The Bertz CT molecular complexity index is 517. The number of hydrogen-bond donors (Lipinski definition) is 1. The lowest BCUT2D eigenvalue weighted by Gasteiger charge is -2.35. The molecule has 0 unspecified atom stereocenters. The summed E-state index contributed by atoms with van der Waals surface area (Å²) in [4.78, 5) is 14.0. The standard InChI is InChI=1S/C16H20N2O/c19-15-6-3-13-9-11(10-17-14-4-5-14)8-12-2-1-7-18(15)16(12)13/h8-9,14,17H,1-7,10H2. The van der Waals surface area contributed by atoms with E-state index in [1.54, 1.807) is 0 Å². The molecule has 1 aliphatic carbocycles. The third-order valence-corrected chi connectivity index (χ3v) is 4.51. The lowest BCUT2D eigenvalue weighted by Crippen LogP contribution is -2.39. The third kappa shape index (κ3) is 2.06. The third-order valence-electron chi connectivity index (χ3n) is 4.51. The van der Waals surface area contributed by atoms with Gasteiger partial charge in [0, 0.05) is 25.6 Å². The molecule has 1 fully saturated rings. The van der Waals surface area contributed by atoms with Crippen molar-refractivity contribution in [2.45, 2.75) is 51.1 Å². The second kappa shape index (κ2) is 4.34. The van der Waals surface area contributed by atoms with Crippen molar-refractivity contribution >= 4 is 11.6 Å². The Morgan fingerprint density at radius 1 is 1.16 bits per heavy atom. The molecule has 0 atom stereocenters. The van der Waals surface area contributed by atoms with Gasteiger partial charge in [-0.05, 0) is 48.8 Å². The summed E-state index contributed by atoms with van der Waals surface area (Å²) in [5.74, 6) is 0.317. The first-order valence-electron chi connectivity index (χ1n) is 7.50. The first kappa shape index (κ1) is 11.5. The van der Waals surface area contributed by atoms with E-state index in [4.69, 9.17) is 0 Å². The smallest absolute Gasteiger partial charge is 0.227 e. The molecule has 0 spiro atoms. The van der Waals surface area contributed by atoms with Crippen molar-refractivity contribution in [1.82, 2.24) is 5.32 Å². The largest absolute Gasteiger partial charge is 0.312 e. The van der Waals surface area contributed by atoms with Crippen molar-refractivity contribution in [1.29, 1.82) is 0 Å². The molecule has 4 rings (SSSR count). The van der Waals surface area contributed by atoms with Crippen molar-refractivity contribution in [2.24, 2.45) is 0 Å². The topological polar surface area (TPSA) is 32.3 Å². The van der Waals surface area contributed by atoms with Gasteiger partial charge in [-0.15, -0.1) is 0 Å². The first-order chi connectivity index (χ1) is 9.31. The molecule has 3 aliphatic rings. The maximum absolute atomic E-state index is 12.0. The Hall–Kier alpha value is -1.35. The first-order valence-corrected chi connectivity index (χ1v) is 7.50. The van der Waals surface area contributed by atoms with E-state index in [1.807, 2.05) is 4.90 Å². The van der Waals surface area contributed by atoms with Crippen LogP contribution in [0.4, 0.5) is 5.69 Å². The molecule has 3 nitrogen and oxygen atoms in total. The maximum Gasteiger partial charge on any atom is 0.227 e. The van der Waals surface area contributed by atoms with E-state index in [-0.39, 0.29) is 0 Å². The van der Waals surface area contributed by atoms with E-state index >= 15 is 0 Å². The number of anilines is 1. The molecule has 1 N–H and O–H groups in total. The Morgan fingerprint density at radius 2 is 1.95 bits per heavy atom. The zero-order valence-electron chi connectivity index (χ0n) is 11.2. The Morgan fingerprint density at radius 3 is 2.74 bits per heavy atom. The van der Waals surface area contributed by atoms with Gasteiger partial charge in [0.1, 0.15) is 0 Å². The number of aryl methyl sites for hydroxylation is 2. The summed E-state index contributed by atoms with van der Waals surface area (Å²) < 4.78 is 0. The van der Waals surface area contributed by atoms with Crippen LogP contribution in [0.5, 0.6) is 0 Å². The Labute approximate surface area is 114 Å². The number of hydrogen-bond acceptors (Lipinski definition) is 2. The minimum absolute atomic E-state index is 0.317. The molecular weight excluding hydrogens is 236 g/mol. The molecule has 2 heterocycles. The highest BCUT2D eigenvalue weighted by Gasteiger charge is 2.29. The van der Waals surface area contributed by atoms with Gasteiger partial charge in [0.15, 0.2) is 0 Å². The van der Waals surface area contributed by atoms with Crippen LogP contribution in [0, 0.1) is 0 Å². The molecule has 0 bridgehead atoms. The zero-order valence-corrected chi connectivity index (χ0v) is 11.2. The molecule has 1 amide bonds. The molecule has 1 saturated carbocycles. The monoisotopic (exact) mass is 256 g/mol. The predicted octanol–water partition coefficient (Wildman–Crippen LogP) is 2.16. The molecule has 100 valence electrons. The highest BCUT2D eigenvalue weighted by atomic mass is 16.2. The minimum atomic E-state index is 0.317. The number of amides is 1. The SMILES string of the molecule is O=C1CCc2cc(CNC3CC3)cc3c2N1CCC3. The Balaban J connectivity index is 1.68. The fourth-order valence-electron chi connectivity index (χ4n) is 3.38. The maximum atomic E-state index is 12.0. The van der Waals surface area contributed by atoms with Gasteiger partial charge in [-0.3, -0.25) is 4.79 Å². The van der Waals surface area contributed by atoms with Crippen LogP contribution in [0.25, 0.3) is 0 Å². The summed E-state index contributed by atoms with van der Waals surface area (Å²) >= 11 is 0. The van der Waals surface area contributed by atoms with Crippen LogP contribution in [-0.4, -0.2) is 18.5 Å². The quantitative estimate of drug-likeness (QED) is 0.899. The average Bonchev–Trinajstić information content (AvgIpc) is 3.25. The normalized spacial score (nSPS) is 21.5. The van der Waals surface area contributed by atoms with Crippen LogP contribution in [0.3, 0.4) is 0 Å². The van der Waals surface area contributed by atoms with Gasteiger partial charge in [0.25, 0.3) is 0 Å². The fourth-order valence-corrected chi connectivity index (χ4v) is 3.38. The van der Waals surface area contributed by atoms with E-state index in [0.29, 0.717) is 12.3 Å². The highest BCUT2D eigenvalue weighted by molar-refractivity contribution is 5.97. The fraction of sp³-hybridized carbons (Fsp3) is 0.562. The van der Waals surface area contributed by atoms with Gasteiger partial charge >= 0.3 is 0 Å². The summed E-state index contributed by atoms with van der Waals surface area (Å²) in [5.41, 5.74) is 5.43. The predicted molar refractivity (Wildman–Crippen MR) is 75.3 cm³/mol. The van der Waals surface area contributed by atoms with Gasteiger partial charge < -0.3 is 10.2 Å². The molecule has 3 heteroatoms. The molecule has 2 aliphatic heterocycles. The highest BCUT2D eigenvalue weighted by Crippen LogP contribution is 2.36. The van der Waals surface area contributed by atoms with Crippen molar-refractivity contribution < 1.29 is 4.79 Å². The van der Waals surface area contributed by atoms with Crippen molar-refractivity contribution in [2.75, 3.05) is 11.4 Å². The van der Waals surface area contributed by atoms with Crippen molar-refractivity contribution in [3.8, 4) is 0 Å². The van der Waals surface area contributed by atoms with Crippen LogP contribution in [0.15, 0.2) is 12.1 Å². The molecule has 0 aromatic heterocycles. The van der Waals surface area contributed by atoms with E-state index in [2.05, 4.69) is 17.4 Å². The molecule has 0 radical (unpaired) electrons. The molecule has 1 aromatic rings. The average molecular weight is 256 g/mol. The summed E-state index contributed by atoms with van der Waals surface area (Å²) in [7, 11) is 0. The van der Waals surface area contributed by atoms with Crippen molar-refractivity contribution in [3.05, 3.63) is 28.8 Å². The van der Waals surface area contributed by atoms with E-state index in [1.165, 1.54) is 35.2 Å². The van der Waals surface area contributed by atoms with Gasteiger partial charge in [-0.25, -0.2) is 0 Å². The number of carbonyl (C=O) groups is 1. The molecule has 1 aromatic carbocycles. The Kier molecular flexibility index (Phi) is 2.62. The summed E-state index contributed by atoms with van der Waals surface area (Å²) in [6, 6.07) is 5.39. The number of benzene rings is 1. The number of rotatable bonds is 3. The lowest BCUT2D eigenvalue weighted by atomic mass is 9.90. The second-order valence-electron chi connectivity index (χ2n) is 6.07. The van der Waals surface area contributed by atoms with Gasteiger partial charge in [-0.2, -0.15) is 0 Å². The van der Waals surface area contributed by atoms with Crippen LogP contribution >= 0.6 is 0 Å². The van der Waals surface area contributed by atoms with E-state index in [9.17, 15) is 4.79 Å². The van der Waals surface area contributed by atoms with Crippen LogP contribution in [-0.2, 0) is 24.2 Å². The molecule has 0 saturated heterocycles. The molecule has 19 heavy (non-hydrogen) atoms. The van der Waals surface area contributed by atoms with Crippen LogP contribution in [0.2, 0.25) is 0 Å². The summed E-state index contributed by atoms with van der Waals surface area (Å²) in [6.07, 6.45) is 6.52. The van der Waals surface area contributed by atoms with Crippen LogP contribution in [0.1, 0.15) is 42.4 Å². The molecular formula is C16H20N2O. The minimum Gasteiger partial charge on any atom is -0.312 e. The summed E-state index contributed by atoms with van der Waals surface area (Å²) in [5, 5.41) is 3.59. The van der Waals surface area contributed by atoms with Crippen LogP contribution < -0.4 is 10.2 Å². The number of nitrogens with one attached hydrogen (secondary N) is 1. The van der Waals surface area contributed by atoms with Gasteiger partial charge in [-0.1, -0.05) is 12.1 Å². The van der Waals surface area contributed by atoms with E-state index < -0.39 is 0 Å². The number of nitrogens with zero attached hydrogens (tertiary/aromatic N) is 1. The van der Waals surface area contributed by atoms with Crippen molar-refractivity contribution in [3.63, 3.8) is 0 Å².